The Morgan fingerprint density at radius 1 is 0.959 bits per heavy atom. The second-order valence-electron chi connectivity index (χ2n) is 21.8. The van der Waals surface area contributed by atoms with Gasteiger partial charge < -0.3 is 39.1 Å². The Bertz CT molecular complexity index is 2650. The monoisotopic (exact) mass is 1040 g/mol. The van der Waals surface area contributed by atoms with Crippen molar-refractivity contribution in [3.8, 4) is 22.3 Å². The van der Waals surface area contributed by atoms with E-state index < -0.39 is 57.8 Å². The first kappa shape index (κ1) is 57.2. The van der Waals surface area contributed by atoms with Crippen molar-refractivity contribution in [2.45, 2.75) is 124 Å². The Labute approximate surface area is 437 Å². The molecule has 19 heteroatoms. The number of aryl methyl sites for hydroxylation is 1. The lowest BCUT2D eigenvalue weighted by Crippen LogP contribution is -2.74. The molecule has 6 rings (SSSR count). The van der Waals surface area contributed by atoms with Crippen LogP contribution in [0.25, 0.3) is 10.4 Å². The summed E-state index contributed by atoms with van der Waals surface area (Å²) in [7, 11) is 6.85. The highest BCUT2D eigenvalue weighted by Gasteiger charge is 2.64. The number of carbonyl (C=O) groups excluding carboxylic acids is 4. The Kier molecular flexibility index (Phi) is 17.9. The molecule has 2 fully saturated rings. The predicted octanol–water partition coefficient (Wildman–Crippen LogP) is 8.79. The summed E-state index contributed by atoms with van der Waals surface area (Å²) in [6.07, 6.45) is -1.30. The van der Waals surface area contributed by atoms with Crippen LogP contribution in [0.15, 0.2) is 66.3 Å². The van der Waals surface area contributed by atoms with Crippen molar-refractivity contribution in [1.29, 1.82) is 5.26 Å². The van der Waals surface area contributed by atoms with Crippen molar-refractivity contribution in [2.24, 2.45) is 16.2 Å². The molecular weight excluding hydrogens is 974 g/mol. The number of likely N-dealkylation sites (tertiary alicyclic amines) is 1. The zero-order valence-electron chi connectivity index (χ0n) is 44.6. The van der Waals surface area contributed by atoms with E-state index in [0.717, 1.165) is 52.4 Å². The van der Waals surface area contributed by atoms with Gasteiger partial charge in [-0.3, -0.25) is 19.2 Å². The SMILES string of the molecule is CO[C@@H]1C[C@@H](C(=O)N(C)Cc2ccc(-c3scnc3C)cc2)N(C(=O)[C@@H](N(C)C(=O)COCCCCCN(C)c2ccc(C(=O)NC3C(C)(C)C(Oc4ccc(C#N)c(C(F)(F)F)c4)C3(C)C)nc2)C(C)(C)C)C1. The first-order valence-electron chi connectivity index (χ1n) is 24.9. The van der Waals surface area contributed by atoms with E-state index in [1.165, 1.54) is 11.0 Å². The number of likely N-dealkylation sites (N-methyl/N-ethyl adjacent to an activating group) is 2. The maximum absolute atomic E-state index is 14.5. The fourth-order valence-corrected chi connectivity index (χ4v) is 11.6. The van der Waals surface area contributed by atoms with Gasteiger partial charge in [-0.2, -0.15) is 18.4 Å². The van der Waals surface area contributed by atoms with E-state index in [1.54, 1.807) is 60.7 Å². The molecule has 15 nitrogen and oxygen atoms in total. The largest absolute Gasteiger partial charge is 0.489 e. The number of methoxy groups -OCH3 is 1. The van der Waals surface area contributed by atoms with Gasteiger partial charge in [0.1, 0.15) is 36.2 Å². The third kappa shape index (κ3) is 12.9. The van der Waals surface area contributed by atoms with Gasteiger partial charge in [-0.15, -0.1) is 11.3 Å². The minimum absolute atomic E-state index is 0.00955. The van der Waals surface area contributed by atoms with Crippen molar-refractivity contribution in [1.82, 2.24) is 30.0 Å². The summed E-state index contributed by atoms with van der Waals surface area (Å²) in [5.41, 5.74) is 2.29. The number of hydrogen-bond acceptors (Lipinski definition) is 12. The molecule has 2 aromatic heterocycles. The van der Waals surface area contributed by atoms with Gasteiger partial charge in [-0.05, 0) is 73.1 Å². The molecular formula is C55H71F3N8O7S. The number of anilines is 1. The fourth-order valence-electron chi connectivity index (χ4n) is 10.7. The molecule has 1 aliphatic carbocycles. The smallest absolute Gasteiger partial charge is 0.417 e. The number of unbranched alkanes of at least 4 members (excludes halogenated alkanes) is 2. The maximum atomic E-state index is 14.5. The summed E-state index contributed by atoms with van der Waals surface area (Å²) >= 11 is 1.58. The summed E-state index contributed by atoms with van der Waals surface area (Å²) < 4.78 is 58.5. The number of rotatable bonds is 20. The molecule has 3 atom stereocenters. The molecule has 74 heavy (non-hydrogen) atoms. The molecule has 4 amide bonds. The molecule has 4 aromatic rings. The number of nitrogens with one attached hydrogen (secondary N) is 1. The van der Waals surface area contributed by atoms with E-state index in [2.05, 4.69) is 15.3 Å². The standard InChI is InChI=1S/C55H71F3N8O7S/c1-34-45(74-33-61-34)36-18-16-35(17-19-36)30-64(10)48(69)43-27-40(71-12)31-66(43)49(70)46(52(2,3)4)65(11)44(67)32-72-25-15-13-14-24-63(9)38-21-23-42(60-29-38)47(68)62-50-53(5,6)51(54(50,7)8)73-39-22-20-37(28-59)41(26-39)55(56,57)58/h16-23,26,29,33,40,43,46,50-51H,13-15,24-25,27,30-32H2,1-12H3,(H,62,68)/t40-,43+,46-,50?,51?/m1/s1. The third-order valence-corrected chi connectivity index (χ3v) is 15.4. The van der Waals surface area contributed by atoms with E-state index >= 15 is 0 Å². The van der Waals surface area contributed by atoms with E-state index in [0.29, 0.717) is 32.5 Å². The van der Waals surface area contributed by atoms with Crippen LogP contribution in [0.4, 0.5) is 18.9 Å². The number of nitrogens with zero attached hydrogens (tertiary/aromatic N) is 7. The number of halogens is 3. The summed E-state index contributed by atoms with van der Waals surface area (Å²) in [5, 5.41) is 12.2. The number of amides is 4. The average molecular weight is 1050 g/mol. The van der Waals surface area contributed by atoms with Gasteiger partial charge in [-0.25, -0.2) is 9.97 Å². The van der Waals surface area contributed by atoms with Gasteiger partial charge in [0.05, 0.1) is 51.3 Å². The highest BCUT2D eigenvalue weighted by atomic mass is 32.1. The van der Waals surface area contributed by atoms with Crippen LogP contribution in [0.5, 0.6) is 5.75 Å². The van der Waals surface area contributed by atoms with Crippen LogP contribution < -0.4 is 15.0 Å². The zero-order valence-corrected chi connectivity index (χ0v) is 45.4. The first-order valence-corrected chi connectivity index (χ1v) is 25.8. The van der Waals surface area contributed by atoms with E-state index in [9.17, 15) is 37.6 Å². The Hall–Kier alpha value is -6.10. The number of aromatic nitrogens is 2. The van der Waals surface area contributed by atoms with Crippen molar-refractivity contribution >= 4 is 40.7 Å². The third-order valence-electron chi connectivity index (χ3n) is 14.5. The number of benzene rings is 2. The van der Waals surface area contributed by atoms with E-state index in [4.69, 9.17) is 14.2 Å². The van der Waals surface area contributed by atoms with Crippen LogP contribution in [-0.4, -0.2) is 133 Å². The molecule has 2 aliphatic rings. The second kappa shape index (κ2) is 23.2. The van der Waals surface area contributed by atoms with Crippen LogP contribution in [0.1, 0.15) is 107 Å². The number of thiazole rings is 1. The van der Waals surface area contributed by atoms with Gasteiger partial charge in [0.15, 0.2) is 0 Å². The maximum Gasteiger partial charge on any atom is 0.417 e. The molecule has 1 aliphatic heterocycles. The van der Waals surface area contributed by atoms with Crippen LogP contribution in [0, 0.1) is 34.5 Å². The molecule has 2 aromatic carbocycles. The molecule has 0 bridgehead atoms. The number of carbonyl (C=O) groups is 4. The van der Waals surface area contributed by atoms with Crippen molar-refractivity contribution in [3.63, 3.8) is 0 Å². The van der Waals surface area contributed by atoms with Gasteiger partial charge in [-0.1, -0.05) is 72.7 Å². The summed E-state index contributed by atoms with van der Waals surface area (Å²) in [4.78, 5) is 72.2. The van der Waals surface area contributed by atoms with Crippen molar-refractivity contribution in [2.75, 3.05) is 59.5 Å². The number of ether oxygens (including phenoxy) is 3. The summed E-state index contributed by atoms with van der Waals surface area (Å²) in [5.74, 6) is -1.26. The topological polar surface area (TPSA) is 171 Å². The normalized spacial score (nSPS) is 19.5. The highest BCUT2D eigenvalue weighted by molar-refractivity contribution is 7.13. The minimum Gasteiger partial charge on any atom is -0.489 e. The molecule has 0 radical (unpaired) electrons. The van der Waals surface area contributed by atoms with Crippen LogP contribution in [0.3, 0.4) is 0 Å². The molecule has 1 saturated heterocycles. The molecule has 0 unspecified atom stereocenters. The second-order valence-corrected chi connectivity index (χ2v) is 22.7. The molecule has 1 N–H and O–H groups in total. The lowest BCUT2D eigenvalue weighted by molar-refractivity contribution is -0.164. The first-order chi connectivity index (χ1) is 34.7. The molecule has 1 saturated carbocycles. The van der Waals surface area contributed by atoms with E-state index in [-0.39, 0.29) is 54.3 Å². The van der Waals surface area contributed by atoms with Crippen LogP contribution in [-0.2, 0) is 36.6 Å². The lowest BCUT2D eigenvalue weighted by atomic mass is 9.49. The van der Waals surface area contributed by atoms with E-state index in [1.807, 2.05) is 103 Å². The number of hydrogen-bond donors (Lipinski definition) is 1. The minimum atomic E-state index is -4.72. The average Bonchev–Trinajstić information content (AvgIpc) is 3.99. The van der Waals surface area contributed by atoms with Gasteiger partial charge in [0.2, 0.25) is 17.7 Å². The summed E-state index contributed by atoms with van der Waals surface area (Å²) in [6, 6.07) is 14.4. The zero-order chi connectivity index (χ0) is 54.5. The Morgan fingerprint density at radius 2 is 1.65 bits per heavy atom. The van der Waals surface area contributed by atoms with Crippen molar-refractivity contribution < 1.29 is 46.6 Å². The summed E-state index contributed by atoms with van der Waals surface area (Å²) in [6.45, 7) is 16.6. The van der Waals surface area contributed by atoms with Crippen LogP contribution in [0.2, 0.25) is 0 Å². The molecule has 3 heterocycles. The Balaban J connectivity index is 0.934. The van der Waals surface area contributed by atoms with Gasteiger partial charge in [0.25, 0.3) is 5.91 Å². The number of alkyl halides is 3. The van der Waals surface area contributed by atoms with Gasteiger partial charge >= 0.3 is 6.18 Å². The lowest BCUT2D eigenvalue weighted by Gasteiger charge is -2.63. The van der Waals surface area contributed by atoms with Crippen LogP contribution >= 0.6 is 11.3 Å². The highest BCUT2D eigenvalue weighted by Crippen LogP contribution is 2.56. The Morgan fingerprint density at radius 3 is 2.23 bits per heavy atom. The molecule has 0 spiro atoms. The number of nitriles is 1. The fraction of sp³-hybridized carbons (Fsp3) is 0.545. The van der Waals surface area contributed by atoms with Crippen molar-refractivity contribution in [3.05, 3.63) is 94.4 Å². The predicted molar refractivity (Wildman–Crippen MR) is 277 cm³/mol. The quantitative estimate of drug-likeness (QED) is 0.0840. The van der Waals surface area contributed by atoms with Gasteiger partial charge in [0, 0.05) is 77.8 Å². The number of pyridine rings is 1. The molecule has 400 valence electrons.